The lowest BCUT2D eigenvalue weighted by atomic mass is 10.0. The summed E-state index contributed by atoms with van der Waals surface area (Å²) >= 11 is 0. The number of ether oxygens (including phenoxy) is 1. The van der Waals surface area contributed by atoms with E-state index in [1.807, 2.05) is 6.07 Å². The van der Waals surface area contributed by atoms with Crippen molar-refractivity contribution in [2.75, 3.05) is 12.8 Å². The predicted molar refractivity (Wildman–Crippen MR) is 69.3 cm³/mol. The van der Waals surface area contributed by atoms with Gasteiger partial charge in [-0.25, -0.2) is 4.79 Å². The number of benzene rings is 1. The molecule has 0 atom stereocenters. The van der Waals surface area contributed by atoms with Crippen molar-refractivity contribution >= 4 is 11.9 Å². The molecule has 1 aromatic heterocycles. The lowest BCUT2D eigenvalue weighted by molar-refractivity contribution is 0.0601. The number of carbonyl (C=O) groups is 1. The third kappa shape index (κ3) is 2.16. The monoisotopic (exact) mass is 256 g/mol. The molecule has 0 aliphatic carbocycles. The Morgan fingerprint density at radius 3 is 2.79 bits per heavy atom. The summed E-state index contributed by atoms with van der Waals surface area (Å²) in [4.78, 5) is 11.5. The van der Waals surface area contributed by atoms with E-state index in [0.717, 1.165) is 0 Å². The van der Waals surface area contributed by atoms with Crippen LogP contribution >= 0.6 is 0 Å². The normalized spacial score (nSPS) is 9.95. The van der Waals surface area contributed by atoms with Crippen LogP contribution in [0.4, 0.5) is 5.88 Å². The number of nitrogens with two attached hydrogens (primary N) is 1. The molecule has 0 fully saturated rings. The van der Waals surface area contributed by atoms with E-state index in [9.17, 15) is 4.79 Å². The molecule has 96 valence electrons. The van der Waals surface area contributed by atoms with Gasteiger partial charge in [-0.15, -0.1) is 0 Å². The second kappa shape index (κ2) is 4.86. The van der Waals surface area contributed by atoms with Crippen molar-refractivity contribution in [1.29, 1.82) is 5.26 Å². The maximum atomic E-state index is 11.5. The number of methoxy groups -OCH3 is 1. The van der Waals surface area contributed by atoms with Gasteiger partial charge in [0.25, 0.3) is 0 Å². The van der Waals surface area contributed by atoms with Gasteiger partial charge >= 0.3 is 5.97 Å². The fraction of sp³-hybridized carbons (Fsp3) is 0.143. The first-order chi connectivity index (χ1) is 9.08. The van der Waals surface area contributed by atoms with Crippen LogP contribution in [0.5, 0.6) is 0 Å². The number of rotatable bonds is 2. The molecule has 2 aromatic rings. The Kier molecular flexibility index (Phi) is 3.25. The average Bonchev–Trinajstić information content (AvgIpc) is 2.72. The summed E-state index contributed by atoms with van der Waals surface area (Å²) in [7, 11) is 1.32. The SMILES string of the molecule is COC(=O)c1cccc(-c2oc(N)c(C#N)c2C)c1. The van der Waals surface area contributed by atoms with E-state index in [1.165, 1.54) is 7.11 Å². The quantitative estimate of drug-likeness (QED) is 0.834. The van der Waals surface area contributed by atoms with Crippen molar-refractivity contribution in [2.24, 2.45) is 0 Å². The number of nitrogens with zero attached hydrogens (tertiary/aromatic N) is 1. The highest BCUT2D eigenvalue weighted by molar-refractivity contribution is 5.91. The molecule has 5 heteroatoms. The molecule has 1 heterocycles. The number of esters is 1. The summed E-state index contributed by atoms with van der Waals surface area (Å²) in [6.07, 6.45) is 0. The van der Waals surface area contributed by atoms with Crippen molar-refractivity contribution < 1.29 is 13.9 Å². The Morgan fingerprint density at radius 1 is 1.47 bits per heavy atom. The Bertz CT molecular complexity index is 680. The minimum Gasteiger partial charge on any atom is -0.465 e. The molecule has 0 saturated heterocycles. The van der Waals surface area contributed by atoms with Crippen LogP contribution in [0.3, 0.4) is 0 Å². The molecule has 0 amide bonds. The van der Waals surface area contributed by atoms with Crippen molar-refractivity contribution in [3.63, 3.8) is 0 Å². The molecule has 0 spiro atoms. The molecule has 0 aliphatic heterocycles. The van der Waals surface area contributed by atoms with E-state index in [2.05, 4.69) is 4.74 Å². The molecule has 1 aromatic carbocycles. The van der Waals surface area contributed by atoms with Gasteiger partial charge in [-0.2, -0.15) is 5.26 Å². The number of nitrogen functional groups attached to an aromatic ring is 1. The van der Waals surface area contributed by atoms with Crippen LogP contribution < -0.4 is 5.73 Å². The van der Waals surface area contributed by atoms with E-state index in [-0.39, 0.29) is 5.88 Å². The Balaban J connectivity index is 2.54. The van der Waals surface area contributed by atoms with Crippen LogP contribution in [-0.4, -0.2) is 13.1 Å². The van der Waals surface area contributed by atoms with Gasteiger partial charge in [0.05, 0.1) is 12.7 Å². The van der Waals surface area contributed by atoms with Gasteiger partial charge in [0.2, 0.25) is 5.88 Å². The third-order valence-electron chi connectivity index (χ3n) is 2.83. The number of carbonyl (C=O) groups excluding carboxylic acids is 1. The van der Waals surface area contributed by atoms with Crippen molar-refractivity contribution in [1.82, 2.24) is 0 Å². The average molecular weight is 256 g/mol. The fourth-order valence-electron chi connectivity index (χ4n) is 1.86. The first kappa shape index (κ1) is 12.7. The maximum absolute atomic E-state index is 11.5. The molecular weight excluding hydrogens is 244 g/mol. The zero-order valence-corrected chi connectivity index (χ0v) is 10.6. The molecular formula is C14H12N2O3. The molecule has 0 radical (unpaired) electrons. The Morgan fingerprint density at radius 2 is 2.21 bits per heavy atom. The standard InChI is InChI=1S/C14H12N2O3/c1-8-11(7-15)13(16)19-12(8)9-4-3-5-10(6-9)14(17)18-2/h3-6H,16H2,1-2H3. The van der Waals surface area contributed by atoms with Gasteiger partial charge in [0.15, 0.2) is 0 Å². The van der Waals surface area contributed by atoms with Crippen LogP contribution in [0, 0.1) is 18.3 Å². The topological polar surface area (TPSA) is 89.2 Å². The second-order valence-corrected chi connectivity index (χ2v) is 3.98. The summed E-state index contributed by atoms with van der Waals surface area (Å²) in [5, 5.41) is 8.98. The molecule has 0 unspecified atom stereocenters. The number of anilines is 1. The minimum absolute atomic E-state index is 0.0819. The molecule has 2 rings (SSSR count). The van der Waals surface area contributed by atoms with Gasteiger partial charge in [-0.05, 0) is 19.1 Å². The van der Waals surface area contributed by atoms with Crippen LogP contribution in [0.25, 0.3) is 11.3 Å². The Hall–Kier alpha value is -2.74. The summed E-state index contributed by atoms with van der Waals surface area (Å²) in [5.41, 5.74) is 7.69. The summed E-state index contributed by atoms with van der Waals surface area (Å²) in [6, 6.07) is 8.76. The lowest BCUT2D eigenvalue weighted by Crippen LogP contribution is -2.00. The summed E-state index contributed by atoms with van der Waals surface area (Å²) < 4.78 is 10.1. The first-order valence-corrected chi connectivity index (χ1v) is 5.56. The summed E-state index contributed by atoms with van der Waals surface area (Å²) in [5.74, 6) is 0.137. The van der Waals surface area contributed by atoms with Crippen LogP contribution in [0.2, 0.25) is 0 Å². The molecule has 5 nitrogen and oxygen atoms in total. The highest BCUT2D eigenvalue weighted by atomic mass is 16.5. The molecule has 19 heavy (non-hydrogen) atoms. The van der Waals surface area contributed by atoms with E-state index in [0.29, 0.717) is 28.0 Å². The smallest absolute Gasteiger partial charge is 0.337 e. The van der Waals surface area contributed by atoms with Crippen molar-refractivity contribution in [3.8, 4) is 17.4 Å². The highest BCUT2D eigenvalue weighted by Crippen LogP contribution is 2.32. The van der Waals surface area contributed by atoms with E-state index >= 15 is 0 Å². The van der Waals surface area contributed by atoms with Crippen molar-refractivity contribution in [3.05, 3.63) is 41.0 Å². The Labute approximate surface area is 110 Å². The number of nitriles is 1. The number of hydrogen-bond acceptors (Lipinski definition) is 5. The largest absolute Gasteiger partial charge is 0.465 e. The predicted octanol–water partition coefficient (Wildman–Crippen LogP) is 2.50. The second-order valence-electron chi connectivity index (χ2n) is 3.98. The van der Waals surface area contributed by atoms with E-state index < -0.39 is 5.97 Å². The molecule has 0 aliphatic rings. The molecule has 2 N–H and O–H groups in total. The van der Waals surface area contributed by atoms with Crippen LogP contribution in [0.15, 0.2) is 28.7 Å². The van der Waals surface area contributed by atoms with E-state index in [1.54, 1.807) is 31.2 Å². The van der Waals surface area contributed by atoms with Gasteiger partial charge in [-0.1, -0.05) is 12.1 Å². The fourth-order valence-corrected chi connectivity index (χ4v) is 1.86. The minimum atomic E-state index is -0.431. The molecule has 0 saturated carbocycles. The highest BCUT2D eigenvalue weighted by Gasteiger charge is 2.17. The number of hydrogen-bond donors (Lipinski definition) is 1. The number of furan rings is 1. The van der Waals surface area contributed by atoms with Gasteiger partial charge < -0.3 is 14.9 Å². The zero-order valence-electron chi connectivity index (χ0n) is 10.6. The van der Waals surface area contributed by atoms with Gasteiger partial charge in [0.1, 0.15) is 17.4 Å². The lowest BCUT2D eigenvalue weighted by Gasteiger charge is -2.02. The van der Waals surface area contributed by atoms with Crippen LogP contribution in [0.1, 0.15) is 21.5 Å². The first-order valence-electron chi connectivity index (χ1n) is 5.56. The maximum Gasteiger partial charge on any atom is 0.337 e. The van der Waals surface area contributed by atoms with Gasteiger partial charge in [-0.3, -0.25) is 0 Å². The van der Waals surface area contributed by atoms with Gasteiger partial charge in [0, 0.05) is 11.1 Å². The summed E-state index contributed by atoms with van der Waals surface area (Å²) in [6.45, 7) is 1.75. The third-order valence-corrected chi connectivity index (χ3v) is 2.83. The molecule has 0 bridgehead atoms. The zero-order chi connectivity index (χ0) is 14.0. The van der Waals surface area contributed by atoms with Crippen LogP contribution in [-0.2, 0) is 4.74 Å². The van der Waals surface area contributed by atoms with Crippen molar-refractivity contribution in [2.45, 2.75) is 6.92 Å². The van der Waals surface area contributed by atoms with E-state index in [4.69, 9.17) is 15.4 Å².